The number of aromatic nitrogens is 4. The largest absolute Gasteiger partial charge is 0.395 e. The smallest absolute Gasteiger partial charge is 0.258 e. The first-order valence-electron chi connectivity index (χ1n) is 7.29. The SMILES string of the molecule is CC(C)c1nc2c(-c3csc(NCCO)n3)nccc2c(=O)[nH]1. The van der Waals surface area contributed by atoms with Crippen LogP contribution < -0.4 is 10.9 Å². The van der Waals surface area contributed by atoms with Crippen LogP contribution in [0.2, 0.25) is 0 Å². The molecule has 3 N–H and O–H groups in total. The first-order chi connectivity index (χ1) is 11.1. The molecule has 3 rings (SSSR count). The molecule has 3 aromatic heterocycles. The molecule has 0 aliphatic carbocycles. The zero-order valence-corrected chi connectivity index (χ0v) is 13.6. The van der Waals surface area contributed by atoms with Crippen LogP contribution in [0.1, 0.15) is 25.6 Å². The quantitative estimate of drug-likeness (QED) is 0.660. The minimum atomic E-state index is -0.170. The number of hydrogen-bond donors (Lipinski definition) is 3. The van der Waals surface area contributed by atoms with Crippen molar-refractivity contribution in [2.45, 2.75) is 19.8 Å². The number of H-pyrrole nitrogens is 1. The first kappa shape index (κ1) is 15.6. The lowest BCUT2D eigenvalue weighted by molar-refractivity contribution is 0.311. The van der Waals surface area contributed by atoms with Crippen LogP contribution in [-0.2, 0) is 0 Å². The summed E-state index contributed by atoms with van der Waals surface area (Å²) in [6, 6.07) is 1.66. The molecular weight excluding hydrogens is 314 g/mol. The van der Waals surface area contributed by atoms with Gasteiger partial charge in [0, 0.05) is 24.0 Å². The van der Waals surface area contributed by atoms with E-state index in [2.05, 4.69) is 25.3 Å². The Labute approximate surface area is 136 Å². The summed E-state index contributed by atoms with van der Waals surface area (Å²) in [6.45, 7) is 4.42. The molecule has 7 nitrogen and oxygen atoms in total. The van der Waals surface area contributed by atoms with Gasteiger partial charge >= 0.3 is 0 Å². The fourth-order valence-corrected chi connectivity index (χ4v) is 2.89. The molecule has 23 heavy (non-hydrogen) atoms. The lowest BCUT2D eigenvalue weighted by atomic mass is 10.1. The van der Waals surface area contributed by atoms with Crippen molar-refractivity contribution in [3.63, 3.8) is 0 Å². The van der Waals surface area contributed by atoms with E-state index in [0.29, 0.717) is 39.8 Å². The minimum absolute atomic E-state index is 0.0378. The Morgan fingerprint density at radius 3 is 2.96 bits per heavy atom. The van der Waals surface area contributed by atoms with E-state index in [1.807, 2.05) is 19.2 Å². The average molecular weight is 331 g/mol. The number of pyridine rings is 1. The van der Waals surface area contributed by atoms with Gasteiger partial charge in [-0.15, -0.1) is 11.3 Å². The number of rotatable bonds is 5. The van der Waals surface area contributed by atoms with Crippen molar-refractivity contribution in [1.82, 2.24) is 19.9 Å². The Bertz CT molecular complexity index is 887. The number of fused-ring (bicyclic) bond motifs is 1. The number of hydrogen-bond acceptors (Lipinski definition) is 7. The highest BCUT2D eigenvalue weighted by Gasteiger charge is 2.14. The number of aliphatic hydroxyl groups excluding tert-OH is 1. The van der Waals surface area contributed by atoms with Crippen LogP contribution in [0, 0.1) is 0 Å². The molecule has 3 aromatic rings. The van der Waals surface area contributed by atoms with Gasteiger partial charge in [-0.3, -0.25) is 9.78 Å². The molecule has 0 fully saturated rings. The standard InChI is InChI=1S/C15H17N5O2S/c1-8(2)13-19-11-9(14(22)20-13)3-4-16-12(11)10-7-23-15(18-10)17-5-6-21/h3-4,7-8,21H,5-6H2,1-2H3,(H,17,18)(H,19,20,22). The van der Waals surface area contributed by atoms with E-state index in [1.54, 1.807) is 12.3 Å². The molecule has 0 aliphatic rings. The van der Waals surface area contributed by atoms with Crippen LogP contribution in [0.15, 0.2) is 22.4 Å². The third-order valence-electron chi connectivity index (χ3n) is 3.32. The normalized spacial score (nSPS) is 11.3. The Kier molecular flexibility index (Phi) is 4.35. The van der Waals surface area contributed by atoms with Crippen LogP contribution in [0.4, 0.5) is 5.13 Å². The number of nitrogens with zero attached hydrogens (tertiary/aromatic N) is 3. The predicted octanol–water partition coefficient (Wildman–Crippen LogP) is 1.97. The van der Waals surface area contributed by atoms with Crippen LogP contribution >= 0.6 is 11.3 Å². The lowest BCUT2D eigenvalue weighted by Crippen LogP contribution is -2.13. The first-order valence-corrected chi connectivity index (χ1v) is 8.17. The van der Waals surface area contributed by atoms with E-state index in [9.17, 15) is 4.79 Å². The zero-order valence-electron chi connectivity index (χ0n) is 12.8. The Morgan fingerprint density at radius 1 is 1.39 bits per heavy atom. The third-order valence-corrected chi connectivity index (χ3v) is 4.12. The fraction of sp³-hybridized carbons (Fsp3) is 0.333. The van der Waals surface area contributed by atoms with Gasteiger partial charge in [-0.1, -0.05) is 13.8 Å². The van der Waals surface area contributed by atoms with Gasteiger partial charge in [0.25, 0.3) is 5.56 Å². The van der Waals surface area contributed by atoms with E-state index >= 15 is 0 Å². The van der Waals surface area contributed by atoms with Crippen molar-refractivity contribution in [3.05, 3.63) is 33.8 Å². The van der Waals surface area contributed by atoms with E-state index in [1.165, 1.54) is 11.3 Å². The second-order valence-electron chi connectivity index (χ2n) is 5.35. The number of aromatic amines is 1. The summed E-state index contributed by atoms with van der Waals surface area (Å²) < 4.78 is 0. The van der Waals surface area contributed by atoms with E-state index in [4.69, 9.17) is 5.11 Å². The van der Waals surface area contributed by atoms with Gasteiger partial charge in [0.05, 0.1) is 12.0 Å². The lowest BCUT2D eigenvalue weighted by Gasteiger charge is -2.07. The third kappa shape index (κ3) is 3.08. The van der Waals surface area contributed by atoms with Gasteiger partial charge in [0.2, 0.25) is 0 Å². The van der Waals surface area contributed by atoms with Crippen molar-refractivity contribution >= 4 is 27.4 Å². The van der Waals surface area contributed by atoms with Crippen molar-refractivity contribution in [2.75, 3.05) is 18.5 Å². The summed E-state index contributed by atoms with van der Waals surface area (Å²) in [5.41, 5.74) is 1.63. The maximum Gasteiger partial charge on any atom is 0.258 e. The highest BCUT2D eigenvalue weighted by atomic mass is 32.1. The Morgan fingerprint density at radius 2 is 2.22 bits per heavy atom. The van der Waals surface area contributed by atoms with E-state index < -0.39 is 0 Å². The molecule has 0 amide bonds. The molecule has 0 saturated heterocycles. The fourth-order valence-electron chi connectivity index (χ4n) is 2.17. The number of thiazole rings is 1. The van der Waals surface area contributed by atoms with Crippen molar-refractivity contribution in [2.24, 2.45) is 0 Å². The molecule has 0 aliphatic heterocycles. The monoisotopic (exact) mass is 331 g/mol. The molecule has 0 bridgehead atoms. The minimum Gasteiger partial charge on any atom is -0.395 e. The van der Waals surface area contributed by atoms with E-state index in [0.717, 1.165) is 0 Å². The number of aliphatic hydroxyl groups is 1. The van der Waals surface area contributed by atoms with Crippen LogP contribution in [0.5, 0.6) is 0 Å². The maximum absolute atomic E-state index is 12.3. The Hall–Kier alpha value is -2.32. The summed E-state index contributed by atoms with van der Waals surface area (Å²) in [5, 5.41) is 14.9. The maximum atomic E-state index is 12.3. The van der Waals surface area contributed by atoms with Crippen molar-refractivity contribution in [1.29, 1.82) is 0 Å². The molecule has 0 spiro atoms. The summed E-state index contributed by atoms with van der Waals surface area (Å²) in [4.78, 5) is 28.4. The van der Waals surface area contributed by atoms with Gasteiger partial charge in [-0.05, 0) is 6.07 Å². The topological polar surface area (TPSA) is 104 Å². The molecule has 0 unspecified atom stereocenters. The van der Waals surface area contributed by atoms with Crippen LogP contribution in [-0.4, -0.2) is 38.2 Å². The summed E-state index contributed by atoms with van der Waals surface area (Å²) >= 11 is 1.42. The highest BCUT2D eigenvalue weighted by molar-refractivity contribution is 7.14. The second kappa shape index (κ2) is 6.43. The van der Waals surface area contributed by atoms with Crippen molar-refractivity contribution in [3.8, 4) is 11.4 Å². The summed E-state index contributed by atoms with van der Waals surface area (Å²) in [5.74, 6) is 0.739. The van der Waals surface area contributed by atoms with Crippen molar-refractivity contribution < 1.29 is 5.11 Å². The van der Waals surface area contributed by atoms with Gasteiger partial charge in [0.1, 0.15) is 22.7 Å². The molecule has 0 atom stereocenters. The zero-order chi connectivity index (χ0) is 16.4. The molecule has 120 valence electrons. The van der Waals surface area contributed by atoms with Gasteiger partial charge in [0.15, 0.2) is 5.13 Å². The molecule has 0 aromatic carbocycles. The van der Waals surface area contributed by atoms with E-state index in [-0.39, 0.29) is 18.1 Å². The predicted molar refractivity (Wildman–Crippen MR) is 90.9 cm³/mol. The van der Waals surface area contributed by atoms with Gasteiger partial charge in [-0.25, -0.2) is 9.97 Å². The Balaban J connectivity index is 2.13. The summed E-state index contributed by atoms with van der Waals surface area (Å²) in [6.07, 6.45) is 1.59. The van der Waals surface area contributed by atoms with Gasteiger partial charge in [-0.2, -0.15) is 0 Å². The van der Waals surface area contributed by atoms with Crippen LogP contribution in [0.25, 0.3) is 22.3 Å². The molecular formula is C15H17N5O2S. The highest BCUT2D eigenvalue weighted by Crippen LogP contribution is 2.27. The molecule has 0 saturated carbocycles. The molecule has 3 heterocycles. The number of anilines is 1. The van der Waals surface area contributed by atoms with Crippen LogP contribution in [0.3, 0.4) is 0 Å². The average Bonchev–Trinajstić information content (AvgIpc) is 3.01. The number of nitrogens with one attached hydrogen (secondary N) is 2. The molecule has 8 heteroatoms. The molecule has 0 radical (unpaired) electrons. The second-order valence-corrected chi connectivity index (χ2v) is 6.21. The van der Waals surface area contributed by atoms with Gasteiger partial charge < -0.3 is 15.4 Å². The summed E-state index contributed by atoms with van der Waals surface area (Å²) in [7, 11) is 0.